The average Bonchev–Trinajstić information content (AvgIpc) is 2.47. The zero-order valence-corrected chi connectivity index (χ0v) is 11.7. The summed E-state index contributed by atoms with van der Waals surface area (Å²) in [5.41, 5.74) is 9.91. The van der Waals surface area contributed by atoms with Gasteiger partial charge in [0.05, 0.1) is 11.3 Å². The summed E-state index contributed by atoms with van der Waals surface area (Å²) in [4.78, 5) is 11.9. The number of carbonyl (C=O) groups is 1. The van der Waals surface area contributed by atoms with Crippen LogP contribution in [0.4, 0.5) is 17.1 Å². The van der Waals surface area contributed by atoms with Gasteiger partial charge in [0.2, 0.25) is 0 Å². The first-order valence-corrected chi connectivity index (χ1v) is 6.62. The summed E-state index contributed by atoms with van der Waals surface area (Å²) >= 11 is 0. The van der Waals surface area contributed by atoms with E-state index < -0.39 is 0 Å². The summed E-state index contributed by atoms with van der Waals surface area (Å²) in [6, 6.07) is 13.3. The second-order valence-corrected chi connectivity index (χ2v) is 4.52. The first-order valence-electron chi connectivity index (χ1n) is 6.62. The van der Waals surface area contributed by atoms with Gasteiger partial charge in [-0.05, 0) is 36.2 Å². The Morgan fingerprint density at radius 1 is 1.15 bits per heavy atom. The molecule has 2 aromatic carbocycles. The fraction of sp³-hybridized carbons (Fsp3) is 0.188. The molecule has 0 bridgehead atoms. The van der Waals surface area contributed by atoms with Crippen LogP contribution in [-0.2, 0) is 6.42 Å². The van der Waals surface area contributed by atoms with Crippen LogP contribution in [0.25, 0.3) is 0 Å². The summed E-state index contributed by atoms with van der Waals surface area (Å²) in [6.45, 7) is 2.10. The maximum atomic E-state index is 11.9. The Morgan fingerprint density at radius 2 is 1.90 bits per heavy atom. The van der Waals surface area contributed by atoms with E-state index in [1.165, 1.54) is 5.56 Å². The summed E-state index contributed by atoms with van der Waals surface area (Å²) in [7, 11) is 1.61. The average molecular weight is 269 g/mol. The summed E-state index contributed by atoms with van der Waals surface area (Å²) in [5.74, 6) is -0.138. The van der Waals surface area contributed by atoms with Crippen molar-refractivity contribution in [1.29, 1.82) is 0 Å². The van der Waals surface area contributed by atoms with Crippen molar-refractivity contribution in [3.63, 3.8) is 0 Å². The Hall–Kier alpha value is -2.49. The molecule has 0 unspecified atom stereocenters. The number of rotatable bonds is 4. The van der Waals surface area contributed by atoms with E-state index in [0.29, 0.717) is 16.9 Å². The highest BCUT2D eigenvalue weighted by atomic mass is 16.1. The van der Waals surface area contributed by atoms with Crippen molar-refractivity contribution < 1.29 is 4.79 Å². The molecule has 20 heavy (non-hydrogen) atoms. The largest absolute Gasteiger partial charge is 0.399 e. The number of hydrogen-bond donors (Lipinski definition) is 3. The normalized spacial score (nSPS) is 10.1. The molecule has 0 aliphatic rings. The van der Waals surface area contributed by atoms with Gasteiger partial charge in [0, 0.05) is 18.4 Å². The molecule has 0 atom stereocenters. The lowest BCUT2D eigenvalue weighted by Crippen LogP contribution is -2.19. The number of para-hydroxylation sites is 1. The lowest BCUT2D eigenvalue weighted by atomic mass is 10.1. The number of hydrogen-bond acceptors (Lipinski definition) is 3. The van der Waals surface area contributed by atoms with Crippen LogP contribution in [0.15, 0.2) is 42.5 Å². The minimum Gasteiger partial charge on any atom is -0.399 e. The van der Waals surface area contributed by atoms with Crippen LogP contribution in [0.2, 0.25) is 0 Å². The molecule has 2 rings (SSSR count). The van der Waals surface area contributed by atoms with Gasteiger partial charge in [0.15, 0.2) is 0 Å². The number of aryl methyl sites for hydroxylation is 1. The third kappa shape index (κ3) is 2.91. The molecule has 0 saturated carbocycles. The molecule has 104 valence electrons. The quantitative estimate of drug-likeness (QED) is 0.748. The van der Waals surface area contributed by atoms with Crippen LogP contribution < -0.4 is 16.4 Å². The van der Waals surface area contributed by atoms with Crippen LogP contribution in [0, 0.1) is 0 Å². The molecular weight excluding hydrogens is 250 g/mol. The predicted molar refractivity (Wildman–Crippen MR) is 83.3 cm³/mol. The Morgan fingerprint density at radius 3 is 2.60 bits per heavy atom. The van der Waals surface area contributed by atoms with Gasteiger partial charge in [-0.3, -0.25) is 4.79 Å². The second kappa shape index (κ2) is 6.10. The van der Waals surface area contributed by atoms with Crippen molar-refractivity contribution >= 4 is 23.0 Å². The Labute approximate surface area is 119 Å². The highest BCUT2D eigenvalue weighted by molar-refractivity contribution is 6.00. The van der Waals surface area contributed by atoms with Gasteiger partial charge < -0.3 is 16.4 Å². The number of nitrogen functional groups attached to an aromatic ring is 1. The van der Waals surface area contributed by atoms with Gasteiger partial charge in [0.1, 0.15) is 0 Å². The topological polar surface area (TPSA) is 67.1 Å². The van der Waals surface area contributed by atoms with Gasteiger partial charge in [-0.25, -0.2) is 0 Å². The van der Waals surface area contributed by atoms with Gasteiger partial charge >= 0.3 is 0 Å². The van der Waals surface area contributed by atoms with E-state index in [1.54, 1.807) is 25.2 Å². The second-order valence-electron chi connectivity index (χ2n) is 4.52. The maximum Gasteiger partial charge on any atom is 0.253 e. The summed E-state index contributed by atoms with van der Waals surface area (Å²) in [6.07, 6.45) is 0.917. The van der Waals surface area contributed by atoms with Crippen LogP contribution >= 0.6 is 0 Å². The van der Waals surface area contributed by atoms with Gasteiger partial charge in [-0.15, -0.1) is 0 Å². The summed E-state index contributed by atoms with van der Waals surface area (Å²) < 4.78 is 0. The van der Waals surface area contributed by atoms with Crippen molar-refractivity contribution in [2.45, 2.75) is 13.3 Å². The molecule has 0 heterocycles. The van der Waals surface area contributed by atoms with E-state index in [2.05, 4.69) is 23.6 Å². The van der Waals surface area contributed by atoms with Crippen LogP contribution in [0.5, 0.6) is 0 Å². The van der Waals surface area contributed by atoms with E-state index in [0.717, 1.165) is 12.1 Å². The van der Waals surface area contributed by atoms with Gasteiger partial charge in [-0.1, -0.05) is 25.1 Å². The molecule has 4 N–H and O–H groups in total. The monoisotopic (exact) mass is 269 g/mol. The van der Waals surface area contributed by atoms with Gasteiger partial charge in [0.25, 0.3) is 5.91 Å². The molecule has 0 aliphatic heterocycles. The first kappa shape index (κ1) is 13.9. The highest BCUT2D eigenvalue weighted by Gasteiger charge is 2.11. The predicted octanol–water partition coefficient (Wildman–Crippen LogP) is 2.93. The lowest BCUT2D eigenvalue weighted by molar-refractivity contribution is 0.0964. The SMILES string of the molecule is CCc1ccccc1Nc1cc(N)ccc1C(=O)NC. The van der Waals surface area contributed by atoms with Crippen molar-refractivity contribution in [1.82, 2.24) is 5.32 Å². The molecule has 4 heteroatoms. The number of amides is 1. The fourth-order valence-electron chi connectivity index (χ4n) is 2.09. The summed E-state index contributed by atoms with van der Waals surface area (Å²) in [5, 5.41) is 5.94. The molecule has 0 aromatic heterocycles. The van der Waals surface area contributed by atoms with E-state index in [4.69, 9.17) is 5.73 Å². The van der Waals surface area contributed by atoms with Crippen LogP contribution in [0.1, 0.15) is 22.8 Å². The number of nitrogens with one attached hydrogen (secondary N) is 2. The maximum absolute atomic E-state index is 11.9. The zero-order valence-electron chi connectivity index (χ0n) is 11.7. The molecule has 0 saturated heterocycles. The zero-order chi connectivity index (χ0) is 14.5. The van der Waals surface area contributed by atoms with E-state index in [-0.39, 0.29) is 5.91 Å². The number of nitrogens with two attached hydrogens (primary N) is 1. The Kier molecular flexibility index (Phi) is 4.25. The number of anilines is 3. The fourth-order valence-corrected chi connectivity index (χ4v) is 2.09. The molecule has 0 spiro atoms. The first-order chi connectivity index (χ1) is 9.65. The molecule has 1 amide bonds. The molecule has 0 aliphatic carbocycles. The minimum atomic E-state index is -0.138. The molecule has 2 aromatic rings. The Balaban J connectivity index is 2.42. The Bertz CT molecular complexity index is 623. The van der Waals surface area contributed by atoms with Crippen LogP contribution in [0.3, 0.4) is 0 Å². The smallest absolute Gasteiger partial charge is 0.253 e. The third-order valence-corrected chi connectivity index (χ3v) is 3.18. The standard InChI is InChI=1S/C16H19N3O/c1-3-11-6-4-5-7-14(11)19-15-10-12(17)8-9-13(15)16(20)18-2/h4-10,19H,3,17H2,1-2H3,(H,18,20). The van der Waals surface area contributed by atoms with Gasteiger partial charge in [-0.2, -0.15) is 0 Å². The van der Waals surface area contributed by atoms with E-state index >= 15 is 0 Å². The molecule has 0 fully saturated rings. The number of benzene rings is 2. The lowest BCUT2D eigenvalue weighted by Gasteiger charge is -2.14. The third-order valence-electron chi connectivity index (χ3n) is 3.18. The van der Waals surface area contributed by atoms with Crippen LogP contribution in [-0.4, -0.2) is 13.0 Å². The molecular formula is C16H19N3O. The van der Waals surface area contributed by atoms with Crippen molar-refractivity contribution in [2.24, 2.45) is 0 Å². The number of carbonyl (C=O) groups excluding carboxylic acids is 1. The van der Waals surface area contributed by atoms with Crippen molar-refractivity contribution in [3.05, 3.63) is 53.6 Å². The van der Waals surface area contributed by atoms with E-state index in [1.807, 2.05) is 18.2 Å². The van der Waals surface area contributed by atoms with Crippen molar-refractivity contribution in [3.8, 4) is 0 Å². The molecule has 4 nitrogen and oxygen atoms in total. The highest BCUT2D eigenvalue weighted by Crippen LogP contribution is 2.26. The molecule has 0 radical (unpaired) electrons. The van der Waals surface area contributed by atoms with Crippen molar-refractivity contribution in [2.75, 3.05) is 18.1 Å². The van der Waals surface area contributed by atoms with E-state index in [9.17, 15) is 4.79 Å². The minimum absolute atomic E-state index is 0.138.